The number of amides is 3. The van der Waals surface area contributed by atoms with Crippen LogP contribution in [-0.2, 0) is 9.53 Å². The molecule has 7 heteroatoms. The molecule has 0 bridgehead atoms. The Hall–Kier alpha value is -1.79. The van der Waals surface area contributed by atoms with E-state index in [9.17, 15) is 9.59 Å². The topological polar surface area (TPSA) is 70.7 Å². The van der Waals surface area contributed by atoms with Crippen LogP contribution in [-0.4, -0.2) is 43.8 Å². The molecule has 1 aromatic rings. The molecule has 132 valence electrons. The predicted molar refractivity (Wildman–Crippen MR) is 94.4 cm³/mol. The van der Waals surface area contributed by atoms with E-state index in [1.807, 2.05) is 13.8 Å². The minimum Gasteiger partial charge on any atom is -0.379 e. The molecule has 24 heavy (non-hydrogen) atoms. The second-order valence-corrected chi connectivity index (χ2v) is 6.49. The Balaban J connectivity index is 1.73. The van der Waals surface area contributed by atoms with E-state index in [2.05, 4.69) is 10.6 Å². The summed E-state index contributed by atoms with van der Waals surface area (Å²) in [6, 6.07) is 6.65. The molecule has 1 aliphatic rings. The van der Waals surface area contributed by atoms with Crippen LogP contribution in [0.5, 0.6) is 0 Å². The van der Waals surface area contributed by atoms with Gasteiger partial charge in [-0.3, -0.25) is 4.79 Å². The number of urea groups is 1. The molecule has 3 amide bonds. The van der Waals surface area contributed by atoms with Crippen LogP contribution < -0.4 is 15.5 Å². The number of benzene rings is 1. The Morgan fingerprint density at radius 3 is 2.75 bits per heavy atom. The van der Waals surface area contributed by atoms with E-state index < -0.39 is 0 Å². The summed E-state index contributed by atoms with van der Waals surface area (Å²) in [5.41, 5.74) is 0.792. The first-order valence-electron chi connectivity index (χ1n) is 8.17. The highest BCUT2D eigenvalue weighted by molar-refractivity contribution is 6.30. The molecule has 1 aromatic carbocycles. The molecule has 1 saturated heterocycles. The minimum atomic E-state index is -0.254. The molecule has 2 N–H and O–H groups in total. The number of hydrogen-bond acceptors (Lipinski definition) is 3. The second-order valence-electron chi connectivity index (χ2n) is 6.06. The SMILES string of the molecule is CC(C)OCCCNC(=O)NC1CC(=O)N(c2ccc(Cl)cc2)C1. The zero-order valence-corrected chi connectivity index (χ0v) is 14.8. The number of halogens is 1. The highest BCUT2D eigenvalue weighted by Gasteiger charge is 2.31. The van der Waals surface area contributed by atoms with Crippen LogP contribution in [0.25, 0.3) is 0 Å². The van der Waals surface area contributed by atoms with Crippen molar-refractivity contribution < 1.29 is 14.3 Å². The molecule has 1 atom stereocenters. The van der Waals surface area contributed by atoms with Crippen LogP contribution in [0.1, 0.15) is 26.7 Å². The van der Waals surface area contributed by atoms with Gasteiger partial charge in [-0.05, 0) is 44.5 Å². The largest absolute Gasteiger partial charge is 0.379 e. The van der Waals surface area contributed by atoms with Crippen molar-refractivity contribution in [3.05, 3.63) is 29.3 Å². The molecule has 1 heterocycles. The van der Waals surface area contributed by atoms with Gasteiger partial charge in [-0.1, -0.05) is 11.6 Å². The predicted octanol–water partition coefficient (Wildman–Crippen LogP) is 2.56. The maximum absolute atomic E-state index is 12.1. The smallest absolute Gasteiger partial charge is 0.315 e. The van der Waals surface area contributed by atoms with Gasteiger partial charge in [0.25, 0.3) is 0 Å². The van der Waals surface area contributed by atoms with E-state index in [1.165, 1.54) is 0 Å². The number of rotatable bonds is 7. The van der Waals surface area contributed by atoms with Crippen LogP contribution in [0.15, 0.2) is 24.3 Å². The first-order valence-corrected chi connectivity index (χ1v) is 8.55. The summed E-state index contributed by atoms with van der Waals surface area (Å²) < 4.78 is 5.41. The molecule has 0 spiro atoms. The average molecular weight is 354 g/mol. The van der Waals surface area contributed by atoms with Crippen molar-refractivity contribution in [3.63, 3.8) is 0 Å². The van der Waals surface area contributed by atoms with Gasteiger partial charge in [-0.25, -0.2) is 4.79 Å². The molecule has 1 unspecified atom stereocenters. The van der Waals surface area contributed by atoms with Crippen molar-refractivity contribution >= 4 is 29.2 Å². The fraction of sp³-hybridized carbons (Fsp3) is 0.529. The molecule has 0 radical (unpaired) electrons. The van der Waals surface area contributed by atoms with E-state index in [0.717, 1.165) is 12.1 Å². The zero-order chi connectivity index (χ0) is 17.5. The maximum atomic E-state index is 12.1. The van der Waals surface area contributed by atoms with Crippen molar-refractivity contribution in [3.8, 4) is 0 Å². The summed E-state index contributed by atoms with van der Waals surface area (Å²) in [5, 5.41) is 6.25. The lowest BCUT2D eigenvalue weighted by Crippen LogP contribution is -2.43. The lowest BCUT2D eigenvalue weighted by Gasteiger charge is -2.17. The van der Waals surface area contributed by atoms with Gasteiger partial charge < -0.3 is 20.3 Å². The van der Waals surface area contributed by atoms with Gasteiger partial charge >= 0.3 is 6.03 Å². The fourth-order valence-electron chi connectivity index (χ4n) is 2.50. The fourth-order valence-corrected chi connectivity index (χ4v) is 2.63. The lowest BCUT2D eigenvalue weighted by molar-refractivity contribution is -0.117. The van der Waals surface area contributed by atoms with E-state index in [4.69, 9.17) is 16.3 Å². The maximum Gasteiger partial charge on any atom is 0.315 e. The van der Waals surface area contributed by atoms with Gasteiger partial charge in [0, 0.05) is 36.8 Å². The lowest BCUT2D eigenvalue weighted by atomic mass is 10.2. The molecule has 0 aromatic heterocycles. The number of carbonyl (C=O) groups excluding carboxylic acids is 2. The molecule has 6 nitrogen and oxygen atoms in total. The second kappa shape index (κ2) is 8.89. The highest BCUT2D eigenvalue weighted by Crippen LogP contribution is 2.23. The third kappa shape index (κ3) is 5.69. The normalized spacial score (nSPS) is 17.4. The molecule has 1 fully saturated rings. The van der Waals surface area contributed by atoms with Gasteiger partial charge in [0.2, 0.25) is 5.91 Å². The van der Waals surface area contributed by atoms with E-state index in [0.29, 0.717) is 31.1 Å². The van der Waals surface area contributed by atoms with Gasteiger partial charge in [-0.15, -0.1) is 0 Å². The van der Waals surface area contributed by atoms with Gasteiger partial charge in [0.15, 0.2) is 0 Å². The minimum absolute atomic E-state index is 0.00652. The number of ether oxygens (including phenoxy) is 1. The molecule has 0 aliphatic carbocycles. The number of carbonyl (C=O) groups is 2. The van der Waals surface area contributed by atoms with Crippen LogP contribution in [0.2, 0.25) is 5.02 Å². The first kappa shape index (κ1) is 18.5. The molecule has 2 rings (SSSR count). The zero-order valence-electron chi connectivity index (χ0n) is 14.0. The van der Waals surface area contributed by atoms with Crippen molar-refractivity contribution in [1.29, 1.82) is 0 Å². The molecular weight excluding hydrogens is 330 g/mol. The number of nitrogens with one attached hydrogen (secondary N) is 2. The van der Waals surface area contributed by atoms with E-state index in [1.54, 1.807) is 29.2 Å². The third-order valence-corrected chi connectivity index (χ3v) is 3.91. The third-order valence-electron chi connectivity index (χ3n) is 3.66. The van der Waals surface area contributed by atoms with Gasteiger partial charge in [0.1, 0.15) is 0 Å². The standard InChI is InChI=1S/C17H24ClN3O3/c1-12(2)24-9-3-8-19-17(23)20-14-10-16(22)21(11-14)15-6-4-13(18)5-7-15/h4-7,12,14H,3,8-11H2,1-2H3,(H2,19,20,23). The molecule has 1 aliphatic heterocycles. The average Bonchev–Trinajstić information content (AvgIpc) is 2.88. The van der Waals surface area contributed by atoms with Crippen molar-refractivity contribution in [2.24, 2.45) is 0 Å². The van der Waals surface area contributed by atoms with Crippen molar-refractivity contribution in [2.75, 3.05) is 24.6 Å². The van der Waals surface area contributed by atoms with Crippen molar-refractivity contribution in [2.45, 2.75) is 38.8 Å². The highest BCUT2D eigenvalue weighted by atomic mass is 35.5. The molecule has 0 saturated carbocycles. The summed E-state index contributed by atoms with van der Waals surface area (Å²) in [6.45, 7) is 5.57. The summed E-state index contributed by atoms with van der Waals surface area (Å²) in [6.07, 6.45) is 1.25. The van der Waals surface area contributed by atoms with Gasteiger partial charge in [-0.2, -0.15) is 0 Å². The van der Waals surface area contributed by atoms with Crippen LogP contribution >= 0.6 is 11.6 Å². The summed E-state index contributed by atoms with van der Waals surface area (Å²) in [4.78, 5) is 25.7. The van der Waals surface area contributed by atoms with E-state index >= 15 is 0 Å². The van der Waals surface area contributed by atoms with Gasteiger partial charge in [0.05, 0.1) is 12.1 Å². The molecular formula is C17H24ClN3O3. The van der Waals surface area contributed by atoms with Crippen LogP contribution in [0.3, 0.4) is 0 Å². The number of anilines is 1. The quantitative estimate of drug-likeness (QED) is 0.740. The van der Waals surface area contributed by atoms with Crippen LogP contribution in [0.4, 0.5) is 10.5 Å². The Morgan fingerprint density at radius 2 is 2.08 bits per heavy atom. The van der Waals surface area contributed by atoms with E-state index in [-0.39, 0.29) is 24.1 Å². The van der Waals surface area contributed by atoms with Crippen LogP contribution in [0, 0.1) is 0 Å². The Kier molecular flexibility index (Phi) is 6.87. The Morgan fingerprint density at radius 1 is 1.38 bits per heavy atom. The Labute approximate surface area is 147 Å². The number of nitrogens with zero attached hydrogens (tertiary/aromatic N) is 1. The number of hydrogen-bond donors (Lipinski definition) is 2. The Bertz CT molecular complexity index is 563. The van der Waals surface area contributed by atoms with Crippen molar-refractivity contribution in [1.82, 2.24) is 10.6 Å². The summed E-state index contributed by atoms with van der Waals surface area (Å²) in [5.74, 6) is -0.00652. The summed E-state index contributed by atoms with van der Waals surface area (Å²) in [7, 11) is 0. The first-order chi connectivity index (χ1) is 11.5. The monoisotopic (exact) mass is 353 g/mol. The summed E-state index contributed by atoms with van der Waals surface area (Å²) >= 11 is 5.86.